The van der Waals surface area contributed by atoms with Crippen molar-refractivity contribution in [1.29, 1.82) is 0 Å². The summed E-state index contributed by atoms with van der Waals surface area (Å²) in [6.07, 6.45) is 0. The molecule has 0 bridgehead atoms. The fourth-order valence-corrected chi connectivity index (χ4v) is 0. The van der Waals surface area contributed by atoms with Gasteiger partial charge in [-0.05, 0) is 0 Å². The predicted octanol–water partition coefficient (Wildman–Crippen LogP) is -3.12. The third-order valence-electron chi connectivity index (χ3n) is 0. The molecule has 7 N–H and O–H groups in total. The van der Waals surface area contributed by atoms with Crippen LogP contribution in [0.1, 0.15) is 0 Å². The minimum absolute atomic E-state index is 0. The minimum atomic E-state index is 0. The van der Waals surface area contributed by atoms with Gasteiger partial charge in [-0.1, -0.05) is 0 Å². The fraction of sp³-hybridized carbons (Fsp3) is 0. The summed E-state index contributed by atoms with van der Waals surface area (Å²) >= 11 is 0. The van der Waals surface area contributed by atoms with E-state index in [0.717, 1.165) is 0 Å². The molecule has 0 spiro atoms. The molecular formula is H9Fe4O3S2-. The second-order valence-corrected chi connectivity index (χ2v) is 0. The van der Waals surface area contributed by atoms with Crippen LogP contribution in [0.4, 0.5) is 0 Å². The molecule has 0 aliphatic rings. The molecule has 9 heavy (non-hydrogen) atoms. The van der Waals surface area contributed by atoms with Crippen molar-refractivity contribution in [3.63, 3.8) is 0 Å². The Kier molecular flexibility index (Phi) is 2930. The molecule has 9 heteroatoms. The molecule has 0 aliphatic heterocycles. The molecule has 0 aromatic heterocycles. The van der Waals surface area contributed by atoms with Crippen LogP contribution in [0, 0.1) is 0 Å². The third kappa shape index (κ3) is 113. The van der Waals surface area contributed by atoms with Crippen LogP contribution in [0.15, 0.2) is 0 Å². The van der Waals surface area contributed by atoms with E-state index >= 15 is 0 Å². The summed E-state index contributed by atoms with van der Waals surface area (Å²) in [6, 6.07) is 0. The maximum absolute atomic E-state index is 0. The summed E-state index contributed by atoms with van der Waals surface area (Å²) in [5.41, 5.74) is 0. The molecule has 72 valence electrons. The van der Waals surface area contributed by atoms with Crippen molar-refractivity contribution in [2.75, 3.05) is 0 Å². The van der Waals surface area contributed by atoms with E-state index in [1.54, 1.807) is 0 Å². The van der Waals surface area contributed by atoms with Crippen LogP contribution in [-0.2, 0) is 101 Å². The van der Waals surface area contributed by atoms with E-state index in [0.29, 0.717) is 0 Å². The SMILES string of the molecule is O.O.[Fe].[Fe].[Fe].[Fe].[OH3+].[SH-].[SH-]. The Bertz CT molecular complexity index is 13.8. The molecular weight excluding hydrogens is 336 g/mol. The van der Waals surface area contributed by atoms with Crippen molar-refractivity contribution >= 4 is 27.0 Å². The van der Waals surface area contributed by atoms with E-state index in [4.69, 9.17) is 0 Å². The largest absolute Gasteiger partial charge is 0.813 e. The van der Waals surface area contributed by atoms with Gasteiger partial charge in [0, 0.05) is 68.3 Å². The zero-order valence-electron chi connectivity index (χ0n) is 3.89. The van der Waals surface area contributed by atoms with Crippen LogP contribution in [0.25, 0.3) is 0 Å². The smallest absolute Gasteiger partial charge is 0 e. The summed E-state index contributed by atoms with van der Waals surface area (Å²) in [5.74, 6) is 0. The molecule has 0 saturated heterocycles. The second-order valence-electron chi connectivity index (χ2n) is 0. The molecule has 0 radical (unpaired) electrons. The van der Waals surface area contributed by atoms with Gasteiger partial charge >= 0.3 is 0 Å². The molecule has 0 aromatic rings. The van der Waals surface area contributed by atoms with E-state index < -0.39 is 0 Å². The van der Waals surface area contributed by atoms with Crippen molar-refractivity contribution in [2.24, 2.45) is 0 Å². The minimum Gasteiger partial charge on any atom is -0.813 e. The summed E-state index contributed by atoms with van der Waals surface area (Å²) < 4.78 is 0. The second kappa shape index (κ2) is 141. The molecule has 0 fully saturated rings. The molecule has 0 heterocycles. The van der Waals surface area contributed by atoms with Crippen LogP contribution in [-0.4, -0.2) is 11.0 Å². The van der Waals surface area contributed by atoms with Gasteiger partial charge in [-0.2, -0.15) is 0 Å². The Morgan fingerprint density at radius 3 is 0.444 bits per heavy atom. The summed E-state index contributed by atoms with van der Waals surface area (Å²) in [4.78, 5) is 0. The number of hydrogen-bond acceptors (Lipinski definition) is 2. The zero-order valence-corrected chi connectivity index (χ0v) is 10.1. The number of thiol groups is 2. The Hall–Kier alpha value is 2.66. The van der Waals surface area contributed by atoms with Gasteiger partial charge in [0.15, 0.2) is 0 Å². The van der Waals surface area contributed by atoms with Crippen LogP contribution in [0.2, 0.25) is 0 Å². The van der Waals surface area contributed by atoms with Crippen molar-refractivity contribution in [3.05, 3.63) is 0 Å². The van der Waals surface area contributed by atoms with Crippen LogP contribution in [0.3, 0.4) is 0 Å². The average Bonchev–Trinajstić information content (AvgIpc) is 0. The summed E-state index contributed by atoms with van der Waals surface area (Å²) in [7, 11) is 0. The molecule has 0 aromatic carbocycles. The van der Waals surface area contributed by atoms with Gasteiger partial charge in [0.05, 0.1) is 0 Å². The monoisotopic (exact) mass is 345 g/mol. The molecule has 0 aliphatic carbocycles. The summed E-state index contributed by atoms with van der Waals surface area (Å²) in [5, 5.41) is 0. The predicted molar refractivity (Wildman–Crippen MR) is 29.6 cm³/mol. The fourth-order valence-electron chi connectivity index (χ4n) is 0. The summed E-state index contributed by atoms with van der Waals surface area (Å²) in [6.45, 7) is 0. The molecule has 3 nitrogen and oxygen atoms in total. The first kappa shape index (κ1) is 187. The van der Waals surface area contributed by atoms with Crippen molar-refractivity contribution in [1.82, 2.24) is 0 Å². The van der Waals surface area contributed by atoms with Crippen LogP contribution in [0.5, 0.6) is 0 Å². The van der Waals surface area contributed by atoms with Crippen molar-refractivity contribution in [2.45, 2.75) is 0 Å². The molecule has 0 saturated carbocycles. The number of hydrogen-bond donors (Lipinski definition) is 0. The first-order chi connectivity index (χ1) is 0. The van der Waals surface area contributed by atoms with Gasteiger partial charge < -0.3 is 43.4 Å². The first-order valence-corrected chi connectivity index (χ1v) is 0. The maximum Gasteiger partial charge on any atom is 0 e. The van der Waals surface area contributed by atoms with Crippen LogP contribution < -0.4 is 0 Å². The Labute approximate surface area is 111 Å². The first-order valence-electron chi connectivity index (χ1n) is 0. The van der Waals surface area contributed by atoms with Gasteiger partial charge in [-0.3, -0.25) is 0 Å². The standard InChI is InChI=1S/4Fe.3H2O.2H2S/h;;;;5*1H2/p-1. The van der Waals surface area contributed by atoms with Gasteiger partial charge in [-0.25, -0.2) is 0 Å². The number of rotatable bonds is 0. The third-order valence-corrected chi connectivity index (χ3v) is 0. The van der Waals surface area contributed by atoms with Gasteiger partial charge in [0.2, 0.25) is 0 Å². The topological polar surface area (TPSA) is 96.0 Å². The maximum atomic E-state index is 0. The van der Waals surface area contributed by atoms with Gasteiger partial charge in [0.1, 0.15) is 0 Å². The zero-order chi connectivity index (χ0) is 0. The van der Waals surface area contributed by atoms with E-state index in [1.165, 1.54) is 0 Å². The van der Waals surface area contributed by atoms with E-state index in [-0.39, 0.29) is 112 Å². The van der Waals surface area contributed by atoms with E-state index in [2.05, 4.69) is 0 Å². The normalized spacial score (nSPS) is 0. The molecule has 0 atom stereocenters. The van der Waals surface area contributed by atoms with E-state index in [9.17, 15) is 0 Å². The van der Waals surface area contributed by atoms with Gasteiger partial charge in [0.25, 0.3) is 0 Å². The Balaban J connectivity index is 0. The van der Waals surface area contributed by atoms with Crippen molar-refractivity contribution < 1.29 is 84.7 Å². The average molecular weight is 345 g/mol. The van der Waals surface area contributed by atoms with E-state index in [1.807, 2.05) is 0 Å². The molecule has 0 unspecified atom stereocenters. The molecule has 0 amide bonds. The van der Waals surface area contributed by atoms with Crippen LogP contribution >= 0.6 is 0 Å². The molecule has 0 rings (SSSR count). The van der Waals surface area contributed by atoms with Crippen molar-refractivity contribution in [3.8, 4) is 0 Å². The Morgan fingerprint density at radius 1 is 0.444 bits per heavy atom. The van der Waals surface area contributed by atoms with Gasteiger partial charge in [-0.15, -0.1) is 0 Å². The Morgan fingerprint density at radius 2 is 0.444 bits per heavy atom. The quantitative estimate of drug-likeness (QED) is 0.201.